The van der Waals surface area contributed by atoms with E-state index in [1.807, 2.05) is 0 Å². The second-order valence-electron chi connectivity index (χ2n) is 4.75. The topological polar surface area (TPSA) is 42.2 Å². The molecule has 1 aromatic heterocycles. The number of halogens is 3. The van der Waals surface area contributed by atoms with Gasteiger partial charge in [0.2, 0.25) is 0 Å². The van der Waals surface area contributed by atoms with Crippen LogP contribution in [-0.2, 0) is 0 Å². The van der Waals surface area contributed by atoms with Crippen molar-refractivity contribution < 1.29 is 9.21 Å². The maximum absolute atomic E-state index is 12.2. The highest BCUT2D eigenvalue weighted by molar-refractivity contribution is 6.35. The number of benzene rings is 2. The molecule has 0 saturated carbocycles. The lowest BCUT2D eigenvalue weighted by Gasteiger charge is -2.04. The summed E-state index contributed by atoms with van der Waals surface area (Å²) in [5.74, 6) is 0.279. The Bertz CT molecular complexity index is 857. The van der Waals surface area contributed by atoms with E-state index < -0.39 is 0 Å². The third-order valence-corrected chi connectivity index (χ3v) is 3.94. The predicted molar refractivity (Wildman–Crippen MR) is 93.6 cm³/mol. The minimum atomic E-state index is -0.364. The molecule has 0 spiro atoms. The molecular formula is C17H10Cl3NO2. The van der Waals surface area contributed by atoms with E-state index >= 15 is 0 Å². The number of nitrogens with one attached hydrogen (secondary N) is 1. The van der Waals surface area contributed by atoms with Gasteiger partial charge in [-0.25, -0.2) is 0 Å². The van der Waals surface area contributed by atoms with Gasteiger partial charge in [-0.05, 0) is 54.6 Å². The fourth-order valence-electron chi connectivity index (χ4n) is 2.02. The summed E-state index contributed by atoms with van der Waals surface area (Å²) >= 11 is 17.9. The summed E-state index contributed by atoms with van der Waals surface area (Å²) in [5.41, 5.74) is 1.25. The zero-order chi connectivity index (χ0) is 16.4. The molecule has 0 unspecified atom stereocenters. The molecule has 0 radical (unpaired) electrons. The number of amides is 1. The summed E-state index contributed by atoms with van der Waals surface area (Å²) in [6.45, 7) is 0. The van der Waals surface area contributed by atoms with Gasteiger partial charge < -0.3 is 9.73 Å². The Morgan fingerprint density at radius 2 is 1.57 bits per heavy atom. The largest absolute Gasteiger partial charge is 0.451 e. The number of anilines is 1. The van der Waals surface area contributed by atoms with Gasteiger partial charge in [0.05, 0.1) is 5.02 Å². The Morgan fingerprint density at radius 1 is 0.870 bits per heavy atom. The van der Waals surface area contributed by atoms with E-state index in [0.29, 0.717) is 32.1 Å². The third-order valence-electron chi connectivity index (χ3n) is 3.13. The Kier molecular flexibility index (Phi) is 4.62. The van der Waals surface area contributed by atoms with Gasteiger partial charge in [0.15, 0.2) is 5.76 Å². The second-order valence-corrected chi connectivity index (χ2v) is 6.03. The molecule has 2 aromatic carbocycles. The molecule has 1 amide bonds. The molecule has 0 bridgehead atoms. The Morgan fingerprint density at radius 3 is 2.30 bits per heavy atom. The highest BCUT2D eigenvalue weighted by atomic mass is 35.5. The van der Waals surface area contributed by atoms with E-state index in [0.717, 1.165) is 0 Å². The van der Waals surface area contributed by atoms with Crippen LogP contribution >= 0.6 is 34.8 Å². The molecule has 1 heterocycles. The van der Waals surface area contributed by atoms with Gasteiger partial charge in [-0.2, -0.15) is 0 Å². The molecule has 0 fully saturated rings. The van der Waals surface area contributed by atoms with Crippen molar-refractivity contribution in [1.82, 2.24) is 0 Å². The molecule has 0 saturated heterocycles. The highest BCUT2D eigenvalue weighted by Gasteiger charge is 2.14. The average molecular weight is 367 g/mol. The standard InChI is InChI=1S/C17H10Cl3NO2/c18-10-1-4-12(5-2-10)21-17(22)16-8-7-15(23-16)13-9-11(19)3-6-14(13)20/h1-9H,(H,21,22). The number of rotatable bonds is 3. The summed E-state index contributed by atoms with van der Waals surface area (Å²) in [6, 6.07) is 15.1. The van der Waals surface area contributed by atoms with E-state index in [2.05, 4.69) is 5.32 Å². The number of furan rings is 1. The molecule has 116 valence electrons. The van der Waals surface area contributed by atoms with Crippen molar-refractivity contribution in [3.63, 3.8) is 0 Å². The number of hydrogen-bond acceptors (Lipinski definition) is 2. The van der Waals surface area contributed by atoms with E-state index in [-0.39, 0.29) is 11.7 Å². The summed E-state index contributed by atoms with van der Waals surface area (Å²) in [7, 11) is 0. The fraction of sp³-hybridized carbons (Fsp3) is 0. The lowest BCUT2D eigenvalue weighted by molar-refractivity contribution is 0.0997. The van der Waals surface area contributed by atoms with E-state index in [1.54, 1.807) is 54.6 Å². The first-order chi connectivity index (χ1) is 11.0. The molecule has 0 aliphatic rings. The van der Waals surface area contributed by atoms with Crippen molar-refractivity contribution >= 4 is 46.4 Å². The normalized spacial score (nSPS) is 10.6. The molecule has 23 heavy (non-hydrogen) atoms. The summed E-state index contributed by atoms with van der Waals surface area (Å²) in [5, 5.41) is 4.35. The van der Waals surface area contributed by atoms with Gasteiger partial charge in [-0.1, -0.05) is 34.8 Å². The van der Waals surface area contributed by atoms with Crippen LogP contribution in [0.5, 0.6) is 0 Å². The third kappa shape index (κ3) is 3.70. The smallest absolute Gasteiger partial charge is 0.291 e. The Hall–Kier alpha value is -1.94. The van der Waals surface area contributed by atoms with E-state index in [1.165, 1.54) is 0 Å². The first-order valence-electron chi connectivity index (χ1n) is 6.65. The van der Waals surface area contributed by atoms with Crippen LogP contribution in [0.4, 0.5) is 5.69 Å². The van der Waals surface area contributed by atoms with Gasteiger partial charge in [-0.3, -0.25) is 4.79 Å². The van der Waals surface area contributed by atoms with Crippen LogP contribution in [0.1, 0.15) is 10.6 Å². The SMILES string of the molecule is O=C(Nc1ccc(Cl)cc1)c1ccc(-c2cc(Cl)ccc2Cl)o1. The average Bonchev–Trinajstić information content (AvgIpc) is 3.02. The van der Waals surface area contributed by atoms with Crippen LogP contribution < -0.4 is 5.32 Å². The molecule has 1 N–H and O–H groups in total. The van der Waals surface area contributed by atoms with Gasteiger partial charge in [-0.15, -0.1) is 0 Å². The van der Waals surface area contributed by atoms with Gasteiger partial charge in [0, 0.05) is 21.3 Å². The first kappa shape index (κ1) is 15.9. The quantitative estimate of drug-likeness (QED) is 0.603. The molecule has 3 rings (SSSR count). The van der Waals surface area contributed by atoms with Crippen molar-refractivity contribution in [2.24, 2.45) is 0 Å². The maximum atomic E-state index is 12.2. The second kappa shape index (κ2) is 6.67. The number of carbonyl (C=O) groups is 1. The minimum Gasteiger partial charge on any atom is -0.451 e. The number of hydrogen-bond donors (Lipinski definition) is 1. The minimum absolute atomic E-state index is 0.172. The zero-order valence-electron chi connectivity index (χ0n) is 11.6. The lowest BCUT2D eigenvalue weighted by Crippen LogP contribution is -2.10. The van der Waals surface area contributed by atoms with Crippen LogP contribution in [0.3, 0.4) is 0 Å². The number of carbonyl (C=O) groups excluding carboxylic acids is 1. The molecule has 3 aromatic rings. The zero-order valence-corrected chi connectivity index (χ0v) is 13.9. The van der Waals surface area contributed by atoms with Gasteiger partial charge >= 0.3 is 0 Å². The van der Waals surface area contributed by atoms with Gasteiger partial charge in [0.1, 0.15) is 5.76 Å². The first-order valence-corrected chi connectivity index (χ1v) is 7.78. The van der Waals surface area contributed by atoms with E-state index in [4.69, 9.17) is 39.2 Å². The Labute approximate surface area is 147 Å². The van der Waals surface area contributed by atoms with Crippen LogP contribution in [0.25, 0.3) is 11.3 Å². The molecule has 6 heteroatoms. The highest BCUT2D eigenvalue weighted by Crippen LogP contribution is 2.32. The fourth-order valence-corrected chi connectivity index (χ4v) is 2.53. The molecule has 0 atom stereocenters. The van der Waals surface area contributed by atoms with Gasteiger partial charge in [0.25, 0.3) is 5.91 Å². The Balaban J connectivity index is 1.82. The monoisotopic (exact) mass is 365 g/mol. The van der Waals surface area contributed by atoms with Crippen LogP contribution in [0.15, 0.2) is 59.0 Å². The molecule has 3 nitrogen and oxygen atoms in total. The molecular weight excluding hydrogens is 357 g/mol. The summed E-state index contributed by atoms with van der Waals surface area (Å²) in [6.07, 6.45) is 0. The summed E-state index contributed by atoms with van der Waals surface area (Å²) < 4.78 is 5.58. The van der Waals surface area contributed by atoms with E-state index in [9.17, 15) is 4.79 Å². The molecule has 0 aliphatic heterocycles. The van der Waals surface area contributed by atoms with Crippen molar-refractivity contribution in [2.45, 2.75) is 0 Å². The van der Waals surface area contributed by atoms with Crippen molar-refractivity contribution in [2.75, 3.05) is 5.32 Å². The summed E-state index contributed by atoms with van der Waals surface area (Å²) in [4.78, 5) is 12.2. The lowest BCUT2D eigenvalue weighted by atomic mass is 10.2. The molecule has 0 aliphatic carbocycles. The predicted octanol–water partition coefficient (Wildman–Crippen LogP) is 6.16. The van der Waals surface area contributed by atoms with Crippen molar-refractivity contribution in [3.05, 3.63) is 75.4 Å². The van der Waals surface area contributed by atoms with Crippen molar-refractivity contribution in [1.29, 1.82) is 0 Å². The van der Waals surface area contributed by atoms with Crippen molar-refractivity contribution in [3.8, 4) is 11.3 Å². The van der Waals surface area contributed by atoms with Crippen LogP contribution in [0.2, 0.25) is 15.1 Å². The van der Waals surface area contributed by atoms with Crippen LogP contribution in [-0.4, -0.2) is 5.91 Å². The van der Waals surface area contributed by atoms with Crippen LogP contribution in [0, 0.1) is 0 Å². The maximum Gasteiger partial charge on any atom is 0.291 e.